The Bertz CT molecular complexity index is 1290. The van der Waals surface area contributed by atoms with E-state index in [0.29, 0.717) is 5.02 Å². The number of halogens is 3. The molecule has 2 aliphatic heterocycles. The zero-order chi connectivity index (χ0) is 23.3. The minimum absolute atomic E-state index is 0.127. The van der Waals surface area contributed by atoms with Crippen LogP contribution in [-0.4, -0.2) is 42.4 Å². The van der Waals surface area contributed by atoms with E-state index in [9.17, 15) is 21.2 Å². The third kappa shape index (κ3) is 3.72. The maximum Gasteiger partial charge on any atom is 0.189 e. The van der Waals surface area contributed by atoms with Crippen molar-refractivity contribution in [3.05, 3.63) is 70.1 Å². The Hall–Kier alpha value is -2.01. The van der Waals surface area contributed by atoms with E-state index in [0.717, 1.165) is 23.8 Å². The first-order valence-electron chi connectivity index (χ1n) is 9.59. The molecule has 2 heterocycles. The SMILES string of the molecule is CS(=O)(=O)/C=C/C1OCC[C@@]2(S(=O)(=O)c3ccc(Cl)cc3)c3c(F)ccc(F)c3OCC12. The normalized spacial score (nSPS) is 25.8. The molecule has 4 rings (SSSR count). The predicted molar refractivity (Wildman–Crippen MR) is 114 cm³/mol. The van der Waals surface area contributed by atoms with Crippen LogP contribution in [0.5, 0.6) is 5.75 Å². The molecule has 2 aromatic carbocycles. The van der Waals surface area contributed by atoms with E-state index >= 15 is 4.39 Å². The molecule has 1 saturated heterocycles. The molecule has 11 heteroatoms. The van der Waals surface area contributed by atoms with Crippen LogP contribution in [0.25, 0.3) is 0 Å². The molecule has 1 fully saturated rings. The third-order valence-corrected chi connectivity index (χ3v) is 9.25. The molecule has 2 aliphatic rings. The molecule has 0 spiro atoms. The summed E-state index contributed by atoms with van der Waals surface area (Å²) < 4.78 is 90.4. The number of fused-ring (bicyclic) bond motifs is 3. The molecular formula is C21H19ClF2O6S2. The van der Waals surface area contributed by atoms with Gasteiger partial charge in [0.15, 0.2) is 31.2 Å². The fourth-order valence-corrected chi connectivity index (χ4v) is 7.29. The fourth-order valence-electron chi connectivity index (χ4n) is 4.40. The van der Waals surface area contributed by atoms with Gasteiger partial charge in [-0.05, 0) is 48.9 Å². The molecule has 0 aliphatic carbocycles. The highest BCUT2D eigenvalue weighted by Crippen LogP contribution is 2.55. The van der Waals surface area contributed by atoms with Crippen molar-refractivity contribution in [1.82, 2.24) is 0 Å². The van der Waals surface area contributed by atoms with E-state index in [1.54, 1.807) is 0 Å². The average molecular weight is 505 g/mol. The number of rotatable bonds is 4. The van der Waals surface area contributed by atoms with Gasteiger partial charge < -0.3 is 9.47 Å². The lowest BCUT2D eigenvalue weighted by atomic mass is 9.76. The van der Waals surface area contributed by atoms with Crippen molar-refractivity contribution in [2.75, 3.05) is 19.5 Å². The smallest absolute Gasteiger partial charge is 0.189 e. The van der Waals surface area contributed by atoms with E-state index in [1.807, 2.05) is 0 Å². The van der Waals surface area contributed by atoms with Gasteiger partial charge in [-0.3, -0.25) is 0 Å². The fraction of sp³-hybridized carbons (Fsp3) is 0.333. The predicted octanol–water partition coefficient (Wildman–Crippen LogP) is 3.64. The highest BCUT2D eigenvalue weighted by molar-refractivity contribution is 7.93. The number of hydrogen-bond acceptors (Lipinski definition) is 6. The number of benzene rings is 2. The van der Waals surface area contributed by atoms with Gasteiger partial charge >= 0.3 is 0 Å². The van der Waals surface area contributed by atoms with Crippen molar-refractivity contribution >= 4 is 31.3 Å². The molecular weight excluding hydrogens is 486 g/mol. The van der Waals surface area contributed by atoms with Crippen LogP contribution in [0.2, 0.25) is 5.02 Å². The molecule has 0 bridgehead atoms. The second-order valence-corrected chi connectivity index (χ2v) is 12.3. The van der Waals surface area contributed by atoms with Crippen molar-refractivity contribution in [1.29, 1.82) is 0 Å². The minimum Gasteiger partial charge on any atom is -0.490 e. The number of ether oxygens (including phenoxy) is 2. The summed E-state index contributed by atoms with van der Waals surface area (Å²) in [6.45, 7) is -0.448. The number of sulfone groups is 2. The first-order valence-corrected chi connectivity index (χ1v) is 13.4. The molecule has 32 heavy (non-hydrogen) atoms. The van der Waals surface area contributed by atoms with Crippen LogP contribution in [-0.2, 0) is 29.2 Å². The van der Waals surface area contributed by atoms with Gasteiger partial charge in [0.2, 0.25) is 0 Å². The molecule has 0 radical (unpaired) electrons. The summed E-state index contributed by atoms with van der Waals surface area (Å²) in [5.74, 6) is -3.33. The van der Waals surface area contributed by atoms with Gasteiger partial charge in [0.1, 0.15) is 10.6 Å². The van der Waals surface area contributed by atoms with Crippen molar-refractivity contribution in [2.45, 2.75) is 22.2 Å². The molecule has 0 saturated carbocycles. The lowest BCUT2D eigenvalue weighted by Gasteiger charge is -2.49. The third-order valence-electron chi connectivity index (χ3n) is 5.79. The van der Waals surface area contributed by atoms with Crippen LogP contribution in [0.4, 0.5) is 8.78 Å². The maximum atomic E-state index is 15.2. The lowest BCUT2D eigenvalue weighted by Crippen LogP contribution is -2.57. The Morgan fingerprint density at radius 2 is 1.72 bits per heavy atom. The maximum absolute atomic E-state index is 15.2. The molecule has 2 unspecified atom stereocenters. The summed E-state index contributed by atoms with van der Waals surface area (Å²) in [5, 5.41) is 1.21. The van der Waals surface area contributed by atoms with Gasteiger partial charge in [0, 0.05) is 29.2 Å². The van der Waals surface area contributed by atoms with Gasteiger partial charge in [0.25, 0.3) is 0 Å². The molecule has 0 aromatic heterocycles. The van der Waals surface area contributed by atoms with Crippen LogP contribution in [0.3, 0.4) is 0 Å². The van der Waals surface area contributed by atoms with Crippen LogP contribution in [0.15, 0.2) is 52.8 Å². The van der Waals surface area contributed by atoms with E-state index < -0.39 is 59.4 Å². The molecule has 172 valence electrons. The van der Waals surface area contributed by atoms with E-state index in [4.69, 9.17) is 21.1 Å². The summed E-state index contributed by atoms with van der Waals surface area (Å²) in [7, 11) is -7.90. The molecule has 0 N–H and O–H groups in total. The topological polar surface area (TPSA) is 86.7 Å². The molecule has 3 atom stereocenters. The quantitative estimate of drug-likeness (QED) is 0.632. The Balaban J connectivity index is 2.00. The summed E-state index contributed by atoms with van der Waals surface area (Å²) >= 11 is 5.91. The van der Waals surface area contributed by atoms with Crippen molar-refractivity contribution in [3.8, 4) is 5.75 Å². The Morgan fingerprint density at radius 3 is 2.38 bits per heavy atom. The van der Waals surface area contributed by atoms with E-state index in [1.165, 1.54) is 30.3 Å². The Labute approximate surface area is 189 Å². The molecule has 6 nitrogen and oxygen atoms in total. The highest BCUT2D eigenvalue weighted by Gasteiger charge is 2.61. The second kappa shape index (κ2) is 8.09. The Morgan fingerprint density at radius 1 is 1.06 bits per heavy atom. The highest BCUT2D eigenvalue weighted by atomic mass is 35.5. The zero-order valence-electron chi connectivity index (χ0n) is 16.8. The molecule has 0 amide bonds. The first-order chi connectivity index (χ1) is 15.0. The average Bonchev–Trinajstić information content (AvgIpc) is 2.73. The van der Waals surface area contributed by atoms with Gasteiger partial charge in [-0.1, -0.05) is 11.6 Å². The van der Waals surface area contributed by atoms with E-state index in [2.05, 4.69) is 0 Å². The summed E-state index contributed by atoms with van der Waals surface area (Å²) in [4.78, 5) is -0.129. The van der Waals surface area contributed by atoms with Crippen molar-refractivity contribution in [2.24, 2.45) is 5.92 Å². The Kier molecular flexibility index (Phi) is 5.85. The minimum atomic E-state index is -4.35. The molecule has 2 aromatic rings. The van der Waals surface area contributed by atoms with Gasteiger partial charge in [-0.15, -0.1) is 0 Å². The lowest BCUT2D eigenvalue weighted by molar-refractivity contribution is -0.0479. The number of hydrogen-bond donors (Lipinski definition) is 0. The van der Waals surface area contributed by atoms with Crippen LogP contribution >= 0.6 is 11.6 Å². The van der Waals surface area contributed by atoms with Crippen molar-refractivity contribution < 1.29 is 35.1 Å². The summed E-state index contributed by atoms with van der Waals surface area (Å²) in [6.07, 6.45) is 0.988. The van der Waals surface area contributed by atoms with Gasteiger partial charge in [0.05, 0.1) is 23.2 Å². The van der Waals surface area contributed by atoms with Crippen LogP contribution < -0.4 is 4.74 Å². The van der Waals surface area contributed by atoms with Crippen LogP contribution in [0.1, 0.15) is 12.0 Å². The van der Waals surface area contributed by atoms with E-state index in [-0.39, 0.29) is 24.5 Å². The van der Waals surface area contributed by atoms with Crippen molar-refractivity contribution in [3.63, 3.8) is 0 Å². The monoisotopic (exact) mass is 504 g/mol. The largest absolute Gasteiger partial charge is 0.490 e. The zero-order valence-corrected chi connectivity index (χ0v) is 19.2. The summed E-state index contributed by atoms with van der Waals surface area (Å²) in [6, 6.07) is 7.11. The van der Waals surface area contributed by atoms with Gasteiger partial charge in [-0.25, -0.2) is 25.6 Å². The summed E-state index contributed by atoms with van der Waals surface area (Å²) in [5.41, 5.74) is -0.412. The second-order valence-electron chi connectivity index (χ2n) is 7.74. The standard InChI is InChI=1S/C21H19ClF2O6S2/c1-31(25,26)11-8-18-15-12-30-20-17(24)7-6-16(23)19(20)21(15,9-10-29-18)32(27,28)14-4-2-13(22)3-5-14/h2-8,11,15,18H,9-10,12H2,1H3/b11-8+/t15?,18?,21-/m0/s1. The first kappa shape index (κ1) is 23.2. The van der Waals surface area contributed by atoms with Gasteiger partial charge in [-0.2, -0.15) is 0 Å². The van der Waals surface area contributed by atoms with Crippen LogP contribution in [0, 0.1) is 17.6 Å².